The average molecular weight is 307 g/mol. The fourth-order valence-electron chi connectivity index (χ4n) is 1.79. The van der Waals surface area contributed by atoms with Crippen molar-refractivity contribution in [3.63, 3.8) is 0 Å². The summed E-state index contributed by atoms with van der Waals surface area (Å²) in [6.45, 7) is 0.0933. The maximum Gasteiger partial charge on any atom is 0.255 e. The lowest BCUT2D eigenvalue weighted by atomic mass is 10.1. The van der Waals surface area contributed by atoms with Gasteiger partial charge in [-0.2, -0.15) is 0 Å². The molecule has 1 aromatic heterocycles. The molecule has 21 heavy (non-hydrogen) atoms. The van der Waals surface area contributed by atoms with Gasteiger partial charge in [0.25, 0.3) is 5.91 Å². The quantitative estimate of drug-likeness (QED) is 0.383. The van der Waals surface area contributed by atoms with Crippen molar-refractivity contribution in [3.05, 3.63) is 52.7 Å². The van der Waals surface area contributed by atoms with Gasteiger partial charge in [-0.05, 0) is 36.2 Å². The molecule has 5 N–H and O–H groups in total. The first kappa shape index (κ1) is 15.2. The van der Waals surface area contributed by atoms with Crippen LogP contribution >= 0.6 is 11.6 Å². The first-order valence-corrected chi connectivity index (χ1v) is 6.65. The van der Waals surface area contributed by atoms with Crippen LogP contribution in [-0.2, 0) is 6.42 Å². The summed E-state index contributed by atoms with van der Waals surface area (Å²) in [4.78, 5) is 16.0. The van der Waals surface area contributed by atoms with Gasteiger partial charge in [0.1, 0.15) is 11.0 Å². The van der Waals surface area contributed by atoms with E-state index in [4.69, 9.17) is 22.6 Å². The van der Waals surface area contributed by atoms with Crippen molar-refractivity contribution in [1.29, 1.82) is 0 Å². The Bertz CT molecular complexity index is 631. The van der Waals surface area contributed by atoms with Crippen LogP contribution in [0.4, 0.5) is 11.5 Å². The summed E-state index contributed by atoms with van der Waals surface area (Å²) in [7, 11) is 0. The number of hydrogen-bond donors (Lipinski definition) is 4. The summed E-state index contributed by atoms with van der Waals surface area (Å²) in [6.07, 6.45) is 0.583. The Kier molecular flexibility index (Phi) is 5.10. The van der Waals surface area contributed by atoms with E-state index in [-0.39, 0.29) is 17.7 Å². The van der Waals surface area contributed by atoms with Crippen molar-refractivity contribution in [2.45, 2.75) is 6.42 Å². The van der Waals surface area contributed by atoms with Crippen LogP contribution in [0, 0.1) is 0 Å². The molecular formula is C14H15ClN4O2. The first-order valence-electron chi connectivity index (χ1n) is 6.27. The molecule has 0 spiro atoms. The van der Waals surface area contributed by atoms with Crippen LogP contribution in [0.3, 0.4) is 0 Å². The lowest BCUT2D eigenvalue weighted by molar-refractivity contribution is 0.102. The lowest BCUT2D eigenvalue weighted by Crippen LogP contribution is -2.14. The average Bonchev–Trinajstić information content (AvgIpc) is 2.48. The van der Waals surface area contributed by atoms with E-state index in [1.165, 1.54) is 12.1 Å². The summed E-state index contributed by atoms with van der Waals surface area (Å²) >= 11 is 5.82. The second kappa shape index (κ2) is 7.03. The molecule has 0 bridgehead atoms. The fourth-order valence-corrected chi connectivity index (χ4v) is 2.00. The van der Waals surface area contributed by atoms with Crippen molar-refractivity contribution < 1.29 is 9.90 Å². The second-order valence-corrected chi connectivity index (χ2v) is 4.72. The Balaban J connectivity index is 2.12. The number of nitrogens with two attached hydrogens (primary N) is 1. The molecule has 1 amide bonds. The number of benzene rings is 1. The van der Waals surface area contributed by atoms with Crippen LogP contribution in [0.1, 0.15) is 15.9 Å². The highest BCUT2D eigenvalue weighted by molar-refractivity contribution is 6.30. The van der Waals surface area contributed by atoms with Gasteiger partial charge >= 0.3 is 0 Å². The number of aliphatic hydroxyl groups is 1. The van der Waals surface area contributed by atoms with E-state index in [1.54, 1.807) is 12.1 Å². The van der Waals surface area contributed by atoms with Crippen LogP contribution in [0.15, 0.2) is 36.4 Å². The van der Waals surface area contributed by atoms with Crippen LogP contribution in [0.25, 0.3) is 0 Å². The van der Waals surface area contributed by atoms with E-state index >= 15 is 0 Å². The van der Waals surface area contributed by atoms with Gasteiger partial charge in [-0.1, -0.05) is 23.7 Å². The predicted octanol–water partition coefficient (Wildman–Crippen LogP) is 1.81. The highest BCUT2D eigenvalue weighted by atomic mass is 35.5. The van der Waals surface area contributed by atoms with E-state index in [9.17, 15) is 4.79 Å². The maximum atomic E-state index is 12.1. The molecule has 0 saturated carbocycles. The molecule has 1 aromatic carbocycles. The summed E-state index contributed by atoms with van der Waals surface area (Å²) in [5.41, 5.74) is 4.35. The number of nitrogens with one attached hydrogen (secondary N) is 2. The Labute approximate surface area is 126 Å². The van der Waals surface area contributed by atoms with E-state index in [1.807, 2.05) is 12.1 Å². The molecule has 0 fully saturated rings. The standard InChI is InChI=1S/C14H15ClN4O2/c15-12-7-10(8-13(18-12)19-16)14(21)17-11-3-1-9(2-4-11)5-6-20/h1-4,7-8,20H,5-6,16H2,(H,17,21)(H,18,19). The molecule has 6 nitrogen and oxygen atoms in total. The smallest absolute Gasteiger partial charge is 0.255 e. The minimum absolute atomic E-state index is 0.0933. The molecule has 2 aromatic rings. The molecule has 0 saturated heterocycles. The third-order valence-electron chi connectivity index (χ3n) is 2.82. The third-order valence-corrected chi connectivity index (χ3v) is 3.01. The highest BCUT2D eigenvalue weighted by Gasteiger charge is 2.09. The number of aromatic nitrogens is 1. The van der Waals surface area contributed by atoms with E-state index in [0.717, 1.165) is 5.56 Å². The van der Waals surface area contributed by atoms with Crippen molar-refractivity contribution >= 4 is 29.0 Å². The number of nitrogen functional groups attached to an aromatic ring is 1. The number of anilines is 2. The zero-order valence-electron chi connectivity index (χ0n) is 11.1. The van der Waals surface area contributed by atoms with Gasteiger partial charge in [0.2, 0.25) is 0 Å². The molecule has 0 unspecified atom stereocenters. The van der Waals surface area contributed by atoms with Gasteiger partial charge in [0.05, 0.1) is 0 Å². The number of hydrogen-bond acceptors (Lipinski definition) is 5. The van der Waals surface area contributed by atoms with Crippen molar-refractivity contribution in [3.8, 4) is 0 Å². The lowest BCUT2D eigenvalue weighted by Gasteiger charge is -2.08. The number of pyridine rings is 1. The Hall–Kier alpha value is -2.15. The first-order chi connectivity index (χ1) is 10.1. The number of rotatable bonds is 5. The molecule has 0 atom stereocenters. The fraction of sp³-hybridized carbons (Fsp3) is 0.143. The van der Waals surface area contributed by atoms with E-state index in [0.29, 0.717) is 23.5 Å². The summed E-state index contributed by atoms with van der Waals surface area (Å²) in [6, 6.07) is 10.2. The van der Waals surface area contributed by atoms with E-state index < -0.39 is 0 Å². The van der Waals surface area contributed by atoms with Gasteiger partial charge in [-0.15, -0.1) is 0 Å². The molecular weight excluding hydrogens is 292 g/mol. The molecule has 0 aliphatic heterocycles. The van der Waals surface area contributed by atoms with Gasteiger partial charge < -0.3 is 15.8 Å². The molecule has 1 heterocycles. The number of carbonyl (C=O) groups is 1. The zero-order valence-corrected chi connectivity index (χ0v) is 11.9. The normalized spacial score (nSPS) is 10.2. The number of aliphatic hydroxyl groups excluding tert-OH is 1. The predicted molar refractivity (Wildman–Crippen MR) is 82.2 cm³/mol. The topological polar surface area (TPSA) is 100 Å². The van der Waals surface area contributed by atoms with Crippen LogP contribution < -0.4 is 16.6 Å². The molecule has 0 aliphatic rings. The van der Waals surface area contributed by atoms with Crippen molar-refractivity contribution in [2.24, 2.45) is 5.84 Å². The SMILES string of the molecule is NNc1cc(C(=O)Nc2ccc(CCO)cc2)cc(Cl)n1. The molecule has 0 radical (unpaired) electrons. The number of carbonyl (C=O) groups excluding carboxylic acids is 1. The minimum Gasteiger partial charge on any atom is -0.396 e. The van der Waals surface area contributed by atoms with Crippen LogP contribution in [-0.4, -0.2) is 22.6 Å². The van der Waals surface area contributed by atoms with Gasteiger partial charge in [-0.3, -0.25) is 4.79 Å². The van der Waals surface area contributed by atoms with E-state index in [2.05, 4.69) is 15.7 Å². The number of amides is 1. The Morgan fingerprint density at radius 1 is 1.29 bits per heavy atom. The minimum atomic E-state index is -0.314. The number of halogens is 1. The number of hydrazine groups is 1. The molecule has 2 rings (SSSR count). The summed E-state index contributed by atoms with van der Waals surface area (Å²) in [5, 5.41) is 11.8. The zero-order chi connectivity index (χ0) is 15.2. The largest absolute Gasteiger partial charge is 0.396 e. The summed E-state index contributed by atoms with van der Waals surface area (Å²) in [5.74, 6) is 5.26. The Morgan fingerprint density at radius 2 is 2.00 bits per heavy atom. The maximum absolute atomic E-state index is 12.1. The molecule has 7 heteroatoms. The van der Waals surface area contributed by atoms with Crippen molar-refractivity contribution in [1.82, 2.24) is 4.98 Å². The monoisotopic (exact) mass is 306 g/mol. The summed E-state index contributed by atoms with van der Waals surface area (Å²) < 4.78 is 0. The van der Waals surface area contributed by atoms with Crippen LogP contribution in [0.5, 0.6) is 0 Å². The molecule has 110 valence electrons. The Morgan fingerprint density at radius 3 is 2.62 bits per heavy atom. The van der Waals surface area contributed by atoms with Gasteiger partial charge in [0.15, 0.2) is 0 Å². The third kappa shape index (κ3) is 4.16. The second-order valence-electron chi connectivity index (χ2n) is 4.33. The number of nitrogens with zero attached hydrogens (tertiary/aromatic N) is 1. The van der Waals surface area contributed by atoms with Gasteiger partial charge in [0, 0.05) is 17.9 Å². The highest BCUT2D eigenvalue weighted by Crippen LogP contribution is 2.16. The van der Waals surface area contributed by atoms with Crippen molar-refractivity contribution in [2.75, 3.05) is 17.3 Å². The van der Waals surface area contributed by atoms with Crippen LogP contribution in [0.2, 0.25) is 5.15 Å². The van der Waals surface area contributed by atoms with Gasteiger partial charge in [-0.25, -0.2) is 10.8 Å². The molecule has 0 aliphatic carbocycles.